The van der Waals surface area contributed by atoms with Gasteiger partial charge in [-0.3, -0.25) is 0 Å². The van der Waals surface area contributed by atoms with Crippen LogP contribution in [0.4, 0.5) is 19.1 Å². The molecular weight excluding hydrogens is 251 g/mol. The number of benzene rings is 1. The second-order valence-electron chi connectivity index (χ2n) is 3.59. The van der Waals surface area contributed by atoms with Gasteiger partial charge in [-0.05, 0) is 18.2 Å². The monoisotopic (exact) mass is 259 g/mol. The van der Waals surface area contributed by atoms with Gasteiger partial charge in [0.15, 0.2) is 0 Å². The number of rotatable bonds is 3. The number of aromatic amines is 1. The Balaban J connectivity index is 2.24. The number of H-pyrrole nitrogens is 1. The number of nitrogens with one attached hydrogen (secondary N) is 2. The number of fused-ring (bicyclic) bond motifs is 1. The molecule has 0 spiro atoms. The molecule has 1 aromatic heterocycles. The Labute approximate surface area is 98.6 Å². The van der Waals surface area contributed by atoms with Crippen molar-refractivity contribution in [2.24, 2.45) is 0 Å². The van der Waals surface area contributed by atoms with Crippen LogP contribution < -0.4 is 5.32 Å². The number of carboxylic acid groups (broad SMARTS) is 1. The van der Waals surface area contributed by atoms with Crippen molar-refractivity contribution < 1.29 is 23.1 Å². The quantitative estimate of drug-likeness (QED) is 0.789. The molecule has 0 amide bonds. The van der Waals surface area contributed by atoms with Crippen LogP contribution in [-0.2, 0) is 0 Å². The summed E-state index contributed by atoms with van der Waals surface area (Å²) in [5, 5.41) is 10.8. The molecule has 0 radical (unpaired) electrons. The first-order chi connectivity index (χ1) is 8.35. The lowest BCUT2D eigenvalue weighted by Crippen LogP contribution is -2.21. The standard InChI is InChI=1S/C10H8F3N3O2/c11-10(12,13)4-14-9-15-6-2-1-5(8(17)18)3-7(6)16-9/h1-3H,4H2,(H,17,18)(H2,14,15,16). The number of hydrogen-bond acceptors (Lipinski definition) is 3. The van der Waals surface area contributed by atoms with Crippen molar-refractivity contribution in [1.82, 2.24) is 9.97 Å². The van der Waals surface area contributed by atoms with E-state index in [-0.39, 0.29) is 11.5 Å². The minimum absolute atomic E-state index is 0.0357. The number of alkyl halides is 3. The number of aromatic nitrogens is 2. The molecule has 5 nitrogen and oxygen atoms in total. The third-order valence-corrected chi connectivity index (χ3v) is 2.19. The van der Waals surface area contributed by atoms with Crippen molar-refractivity contribution in [1.29, 1.82) is 0 Å². The molecule has 1 aromatic carbocycles. The second kappa shape index (κ2) is 4.21. The minimum Gasteiger partial charge on any atom is -0.478 e. The van der Waals surface area contributed by atoms with E-state index in [0.29, 0.717) is 11.0 Å². The average molecular weight is 259 g/mol. The summed E-state index contributed by atoms with van der Waals surface area (Å²) in [7, 11) is 0. The van der Waals surface area contributed by atoms with E-state index < -0.39 is 18.7 Å². The Morgan fingerprint density at radius 2 is 2.17 bits per heavy atom. The highest BCUT2D eigenvalue weighted by Gasteiger charge is 2.27. The zero-order valence-electron chi connectivity index (χ0n) is 8.88. The Morgan fingerprint density at radius 3 is 2.78 bits per heavy atom. The molecule has 0 atom stereocenters. The maximum absolute atomic E-state index is 12.0. The van der Waals surface area contributed by atoms with Gasteiger partial charge in [-0.15, -0.1) is 0 Å². The molecule has 96 valence electrons. The Morgan fingerprint density at radius 1 is 1.44 bits per heavy atom. The van der Waals surface area contributed by atoms with Gasteiger partial charge in [0, 0.05) is 0 Å². The SMILES string of the molecule is O=C(O)c1ccc2nc(NCC(F)(F)F)[nH]c2c1. The number of hydrogen-bond donors (Lipinski definition) is 3. The smallest absolute Gasteiger partial charge is 0.405 e. The van der Waals surface area contributed by atoms with E-state index in [1.165, 1.54) is 18.2 Å². The van der Waals surface area contributed by atoms with Gasteiger partial charge in [0.2, 0.25) is 5.95 Å². The highest BCUT2D eigenvalue weighted by Crippen LogP contribution is 2.18. The molecule has 0 aliphatic carbocycles. The summed E-state index contributed by atoms with van der Waals surface area (Å²) in [4.78, 5) is 17.1. The highest BCUT2D eigenvalue weighted by atomic mass is 19.4. The predicted octanol–water partition coefficient (Wildman–Crippen LogP) is 2.24. The first-order valence-corrected chi connectivity index (χ1v) is 4.89. The van der Waals surface area contributed by atoms with Crippen LogP contribution in [0, 0.1) is 0 Å². The highest BCUT2D eigenvalue weighted by molar-refractivity contribution is 5.92. The molecule has 3 N–H and O–H groups in total. The van der Waals surface area contributed by atoms with Crippen LogP contribution in [0.25, 0.3) is 11.0 Å². The van der Waals surface area contributed by atoms with Crippen LogP contribution in [0.2, 0.25) is 0 Å². The number of aromatic carboxylic acids is 1. The molecule has 0 bridgehead atoms. The lowest BCUT2D eigenvalue weighted by atomic mass is 10.2. The molecule has 1 heterocycles. The summed E-state index contributed by atoms with van der Waals surface area (Å²) in [6.07, 6.45) is -4.34. The molecule has 0 saturated carbocycles. The van der Waals surface area contributed by atoms with E-state index in [9.17, 15) is 18.0 Å². The summed E-state index contributed by atoms with van der Waals surface area (Å²) >= 11 is 0. The van der Waals surface area contributed by atoms with E-state index in [1.54, 1.807) is 0 Å². The summed E-state index contributed by atoms with van der Waals surface area (Å²) in [6, 6.07) is 4.07. The van der Waals surface area contributed by atoms with Crippen LogP contribution >= 0.6 is 0 Å². The number of halogens is 3. The van der Waals surface area contributed by atoms with E-state index in [4.69, 9.17) is 5.11 Å². The third kappa shape index (κ3) is 2.70. The van der Waals surface area contributed by atoms with Crippen LogP contribution in [0.1, 0.15) is 10.4 Å². The lowest BCUT2D eigenvalue weighted by Gasteiger charge is -2.05. The molecule has 0 fully saturated rings. The van der Waals surface area contributed by atoms with Gasteiger partial charge < -0.3 is 15.4 Å². The van der Waals surface area contributed by atoms with Crippen LogP contribution in [0.5, 0.6) is 0 Å². The predicted molar refractivity (Wildman–Crippen MR) is 57.6 cm³/mol. The summed E-state index contributed by atoms with van der Waals surface area (Å²) in [5.41, 5.74) is 0.790. The number of nitrogens with zero attached hydrogens (tertiary/aromatic N) is 1. The number of imidazole rings is 1. The Kier molecular flexibility index (Phi) is 2.85. The minimum atomic E-state index is -4.34. The van der Waals surface area contributed by atoms with Crippen molar-refractivity contribution in [2.75, 3.05) is 11.9 Å². The van der Waals surface area contributed by atoms with Crippen molar-refractivity contribution in [3.8, 4) is 0 Å². The normalized spacial score (nSPS) is 11.7. The lowest BCUT2D eigenvalue weighted by molar-refractivity contribution is -0.115. The topological polar surface area (TPSA) is 78.0 Å². The molecule has 8 heteroatoms. The molecule has 2 rings (SSSR count). The summed E-state index contributed by atoms with van der Waals surface area (Å²) in [5.74, 6) is -1.17. The van der Waals surface area contributed by atoms with Crippen LogP contribution in [0.15, 0.2) is 18.2 Å². The third-order valence-electron chi connectivity index (χ3n) is 2.19. The first kappa shape index (κ1) is 12.2. The Bertz CT molecular complexity index is 592. The summed E-state index contributed by atoms with van der Waals surface area (Å²) < 4.78 is 36.0. The van der Waals surface area contributed by atoms with Gasteiger partial charge >= 0.3 is 12.1 Å². The Hall–Kier alpha value is -2.25. The van der Waals surface area contributed by atoms with E-state index in [1.807, 2.05) is 0 Å². The molecule has 0 unspecified atom stereocenters. The molecule has 18 heavy (non-hydrogen) atoms. The van der Waals surface area contributed by atoms with Crippen LogP contribution in [0.3, 0.4) is 0 Å². The van der Waals surface area contributed by atoms with E-state index in [2.05, 4.69) is 15.3 Å². The zero-order chi connectivity index (χ0) is 13.3. The number of anilines is 1. The van der Waals surface area contributed by atoms with Gasteiger partial charge in [0.25, 0.3) is 0 Å². The average Bonchev–Trinajstić information content (AvgIpc) is 2.66. The van der Waals surface area contributed by atoms with Crippen molar-refractivity contribution >= 4 is 23.0 Å². The van der Waals surface area contributed by atoms with E-state index >= 15 is 0 Å². The fraction of sp³-hybridized carbons (Fsp3) is 0.200. The van der Waals surface area contributed by atoms with Crippen molar-refractivity contribution in [3.63, 3.8) is 0 Å². The fourth-order valence-electron chi connectivity index (χ4n) is 1.41. The fourth-order valence-corrected chi connectivity index (χ4v) is 1.41. The molecule has 0 saturated heterocycles. The van der Waals surface area contributed by atoms with Crippen LogP contribution in [-0.4, -0.2) is 33.8 Å². The van der Waals surface area contributed by atoms with Gasteiger partial charge in [0.05, 0.1) is 16.6 Å². The van der Waals surface area contributed by atoms with Crippen molar-refractivity contribution in [3.05, 3.63) is 23.8 Å². The van der Waals surface area contributed by atoms with E-state index in [0.717, 1.165) is 0 Å². The maximum atomic E-state index is 12.0. The molecule has 0 aliphatic heterocycles. The zero-order valence-corrected chi connectivity index (χ0v) is 8.88. The molecule has 2 aromatic rings. The second-order valence-corrected chi connectivity index (χ2v) is 3.59. The van der Waals surface area contributed by atoms with Gasteiger partial charge in [-0.25, -0.2) is 9.78 Å². The maximum Gasteiger partial charge on any atom is 0.405 e. The van der Waals surface area contributed by atoms with Gasteiger partial charge in [-0.2, -0.15) is 13.2 Å². The molecule has 0 aliphatic rings. The number of carbonyl (C=O) groups is 1. The number of carboxylic acids is 1. The largest absolute Gasteiger partial charge is 0.478 e. The molecular formula is C10H8F3N3O2. The summed E-state index contributed by atoms with van der Waals surface area (Å²) in [6.45, 7) is -1.21. The van der Waals surface area contributed by atoms with Gasteiger partial charge in [-0.1, -0.05) is 0 Å². The van der Waals surface area contributed by atoms with Gasteiger partial charge in [0.1, 0.15) is 6.54 Å². The first-order valence-electron chi connectivity index (χ1n) is 4.89. The van der Waals surface area contributed by atoms with Crippen molar-refractivity contribution in [2.45, 2.75) is 6.18 Å².